The van der Waals surface area contributed by atoms with E-state index in [1.54, 1.807) is 7.11 Å². The summed E-state index contributed by atoms with van der Waals surface area (Å²) in [7, 11) is 3.10. The van der Waals surface area contributed by atoms with Crippen LogP contribution in [0.25, 0.3) is 0 Å². The van der Waals surface area contributed by atoms with E-state index in [0.717, 1.165) is 35.4 Å². The Hall–Kier alpha value is -1.71. The summed E-state index contributed by atoms with van der Waals surface area (Å²) in [5, 5.41) is 3.35. The van der Waals surface area contributed by atoms with Gasteiger partial charge in [-0.2, -0.15) is 0 Å². The van der Waals surface area contributed by atoms with Gasteiger partial charge in [-0.05, 0) is 43.9 Å². The average molecular weight is 263 g/mol. The van der Waals surface area contributed by atoms with E-state index in [1.807, 2.05) is 19.9 Å². The van der Waals surface area contributed by atoms with Gasteiger partial charge >= 0.3 is 5.97 Å². The first-order valence-corrected chi connectivity index (χ1v) is 6.50. The molecular formula is C15H21NO3. The maximum Gasteiger partial charge on any atom is 0.313 e. The van der Waals surface area contributed by atoms with Crippen LogP contribution in [0.3, 0.4) is 0 Å². The molecule has 0 radical (unpaired) electrons. The van der Waals surface area contributed by atoms with E-state index in [4.69, 9.17) is 9.47 Å². The van der Waals surface area contributed by atoms with Crippen molar-refractivity contribution in [2.24, 2.45) is 5.41 Å². The van der Waals surface area contributed by atoms with E-state index >= 15 is 0 Å². The van der Waals surface area contributed by atoms with Crippen molar-refractivity contribution in [2.45, 2.75) is 26.7 Å². The Morgan fingerprint density at radius 3 is 2.53 bits per heavy atom. The first-order chi connectivity index (χ1) is 9.02. The summed E-state index contributed by atoms with van der Waals surface area (Å²) in [4.78, 5) is 11.7. The minimum Gasteiger partial charge on any atom is -0.495 e. The monoisotopic (exact) mass is 263 g/mol. The van der Waals surface area contributed by atoms with Crippen molar-refractivity contribution in [1.29, 1.82) is 0 Å². The zero-order valence-electron chi connectivity index (χ0n) is 12.0. The van der Waals surface area contributed by atoms with Crippen LogP contribution in [-0.2, 0) is 9.53 Å². The van der Waals surface area contributed by atoms with E-state index in [2.05, 4.69) is 11.4 Å². The lowest BCUT2D eigenvalue weighted by Crippen LogP contribution is -2.26. The third kappa shape index (κ3) is 2.67. The molecule has 1 fully saturated rings. The third-order valence-electron chi connectivity index (χ3n) is 3.74. The molecule has 0 amide bonds. The summed E-state index contributed by atoms with van der Waals surface area (Å²) in [6.07, 6.45) is 1.78. The number of anilines is 1. The van der Waals surface area contributed by atoms with Gasteiger partial charge in [-0.15, -0.1) is 0 Å². The second kappa shape index (κ2) is 5.11. The summed E-state index contributed by atoms with van der Waals surface area (Å²) in [5.74, 6) is 0.696. The van der Waals surface area contributed by atoms with Crippen molar-refractivity contribution >= 4 is 11.7 Å². The van der Waals surface area contributed by atoms with Gasteiger partial charge < -0.3 is 14.8 Å². The fraction of sp³-hybridized carbons (Fsp3) is 0.533. The molecule has 0 unspecified atom stereocenters. The van der Waals surface area contributed by atoms with Crippen molar-refractivity contribution in [3.05, 3.63) is 23.3 Å². The number of carbonyl (C=O) groups is 1. The number of carbonyl (C=O) groups excluding carboxylic acids is 1. The number of benzene rings is 1. The molecule has 2 rings (SSSR count). The van der Waals surface area contributed by atoms with Gasteiger partial charge in [0, 0.05) is 6.54 Å². The Bertz CT molecular complexity index is 492. The van der Waals surface area contributed by atoms with Crippen molar-refractivity contribution in [3.8, 4) is 5.75 Å². The Balaban J connectivity index is 2.14. The molecule has 1 aromatic carbocycles. The maximum atomic E-state index is 11.7. The van der Waals surface area contributed by atoms with Crippen LogP contribution in [-0.4, -0.2) is 26.7 Å². The van der Waals surface area contributed by atoms with Crippen LogP contribution in [0.5, 0.6) is 5.75 Å². The highest BCUT2D eigenvalue weighted by Crippen LogP contribution is 2.47. The molecule has 1 N–H and O–H groups in total. The molecule has 4 heteroatoms. The zero-order valence-corrected chi connectivity index (χ0v) is 12.0. The Kier molecular flexibility index (Phi) is 3.69. The topological polar surface area (TPSA) is 47.6 Å². The van der Waals surface area contributed by atoms with E-state index in [9.17, 15) is 4.79 Å². The SMILES string of the molecule is COC(=O)C1(CNc2c(C)cc(C)cc2OC)CC1. The number of rotatable bonds is 5. The van der Waals surface area contributed by atoms with Crippen molar-refractivity contribution in [3.63, 3.8) is 0 Å². The lowest BCUT2D eigenvalue weighted by molar-refractivity contribution is -0.146. The molecule has 19 heavy (non-hydrogen) atoms. The number of nitrogens with one attached hydrogen (secondary N) is 1. The van der Waals surface area contributed by atoms with Gasteiger partial charge in [0.25, 0.3) is 0 Å². The Labute approximate surface area is 114 Å². The van der Waals surface area contributed by atoms with Gasteiger partial charge in [-0.1, -0.05) is 6.07 Å². The minimum absolute atomic E-state index is 0.122. The van der Waals surface area contributed by atoms with E-state index in [-0.39, 0.29) is 11.4 Å². The van der Waals surface area contributed by atoms with Crippen LogP contribution in [0.15, 0.2) is 12.1 Å². The predicted molar refractivity (Wildman–Crippen MR) is 74.6 cm³/mol. The lowest BCUT2D eigenvalue weighted by Gasteiger charge is -2.18. The summed E-state index contributed by atoms with van der Waals surface area (Å²) in [5.41, 5.74) is 2.91. The molecule has 0 saturated heterocycles. The maximum absolute atomic E-state index is 11.7. The van der Waals surface area contributed by atoms with Gasteiger partial charge in [0.15, 0.2) is 0 Å². The molecule has 0 atom stereocenters. The van der Waals surface area contributed by atoms with Crippen molar-refractivity contribution < 1.29 is 14.3 Å². The number of esters is 1. The zero-order chi connectivity index (χ0) is 14.0. The second-order valence-corrected chi connectivity index (χ2v) is 5.28. The average Bonchev–Trinajstić information content (AvgIpc) is 3.17. The molecule has 104 valence electrons. The van der Waals surface area contributed by atoms with Crippen LogP contribution in [0, 0.1) is 19.3 Å². The molecule has 1 aromatic rings. The number of hydrogen-bond acceptors (Lipinski definition) is 4. The largest absolute Gasteiger partial charge is 0.495 e. The van der Waals surface area contributed by atoms with Gasteiger partial charge in [0.1, 0.15) is 5.75 Å². The molecular weight excluding hydrogens is 242 g/mol. The molecule has 1 aliphatic carbocycles. The summed E-state index contributed by atoms with van der Waals surface area (Å²) in [6.45, 7) is 4.67. The molecule has 0 bridgehead atoms. The van der Waals surface area contributed by atoms with Crippen molar-refractivity contribution in [2.75, 3.05) is 26.1 Å². The van der Waals surface area contributed by atoms with Gasteiger partial charge in [-0.25, -0.2) is 0 Å². The number of methoxy groups -OCH3 is 2. The van der Waals surface area contributed by atoms with Gasteiger partial charge in [0.05, 0.1) is 25.3 Å². The fourth-order valence-electron chi connectivity index (χ4n) is 2.39. The molecule has 0 spiro atoms. The summed E-state index contributed by atoms with van der Waals surface area (Å²) < 4.78 is 10.3. The predicted octanol–water partition coefficient (Wildman–Crippen LogP) is 2.68. The number of aryl methyl sites for hydroxylation is 2. The van der Waals surface area contributed by atoms with E-state index < -0.39 is 0 Å². The van der Waals surface area contributed by atoms with Crippen LogP contribution in [0.2, 0.25) is 0 Å². The molecule has 0 heterocycles. The first kappa shape index (κ1) is 13.7. The summed E-state index contributed by atoms with van der Waals surface area (Å²) >= 11 is 0. The smallest absolute Gasteiger partial charge is 0.313 e. The van der Waals surface area contributed by atoms with Gasteiger partial charge in [0.2, 0.25) is 0 Å². The highest BCUT2D eigenvalue weighted by molar-refractivity contribution is 5.81. The summed E-state index contributed by atoms with van der Waals surface area (Å²) in [6, 6.07) is 4.09. The molecule has 1 saturated carbocycles. The van der Waals surface area contributed by atoms with Crippen LogP contribution in [0.4, 0.5) is 5.69 Å². The number of ether oxygens (including phenoxy) is 2. The second-order valence-electron chi connectivity index (χ2n) is 5.28. The lowest BCUT2D eigenvalue weighted by atomic mass is 10.1. The van der Waals surface area contributed by atoms with Crippen LogP contribution < -0.4 is 10.1 Å². The van der Waals surface area contributed by atoms with Crippen LogP contribution in [0.1, 0.15) is 24.0 Å². The molecule has 0 aromatic heterocycles. The first-order valence-electron chi connectivity index (χ1n) is 6.50. The van der Waals surface area contributed by atoms with E-state index in [1.165, 1.54) is 7.11 Å². The van der Waals surface area contributed by atoms with E-state index in [0.29, 0.717) is 6.54 Å². The normalized spacial score (nSPS) is 15.8. The van der Waals surface area contributed by atoms with Crippen molar-refractivity contribution in [1.82, 2.24) is 0 Å². The third-order valence-corrected chi connectivity index (χ3v) is 3.74. The highest BCUT2D eigenvalue weighted by atomic mass is 16.5. The highest BCUT2D eigenvalue weighted by Gasteiger charge is 2.51. The molecule has 0 aliphatic heterocycles. The van der Waals surface area contributed by atoms with Crippen LogP contribution >= 0.6 is 0 Å². The number of hydrogen-bond donors (Lipinski definition) is 1. The minimum atomic E-state index is -0.336. The Morgan fingerprint density at radius 2 is 2.00 bits per heavy atom. The van der Waals surface area contributed by atoms with Gasteiger partial charge in [-0.3, -0.25) is 4.79 Å². The quantitative estimate of drug-likeness (QED) is 0.830. The Morgan fingerprint density at radius 1 is 1.32 bits per heavy atom. The standard InChI is InChI=1S/C15H21NO3/c1-10-7-11(2)13(12(8-10)18-3)16-9-15(5-6-15)14(17)19-4/h7-8,16H,5-6,9H2,1-4H3. The fourth-order valence-corrected chi connectivity index (χ4v) is 2.39. The molecule has 4 nitrogen and oxygen atoms in total. The molecule has 1 aliphatic rings.